The molecule has 5 nitrogen and oxygen atoms in total. The maximum absolute atomic E-state index is 6.39. The molecule has 0 radical (unpaired) electrons. The molecule has 0 amide bonds. The highest BCUT2D eigenvalue weighted by atomic mass is 16.5. The Labute approximate surface area is 161 Å². The van der Waals surface area contributed by atoms with Gasteiger partial charge in [0.05, 0.1) is 19.3 Å². The van der Waals surface area contributed by atoms with Crippen LogP contribution in [0, 0.1) is 6.92 Å². The molecule has 1 fully saturated rings. The zero-order valence-corrected chi connectivity index (χ0v) is 16.6. The van der Waals surface area contributed by atoms with Crippen molar-refractivity contribution in [2.45, 2.75) is 51.6 Å². The predicted octanol–water partition coefficient (Wildman–Crippen LogP) is 3.81. The number of hydrogen-bond donors (Lipinski definition) is 0. The molecule has 0 atom stereocenters. The van der Waals surface area contributed by atoms with Gasteiger partial charge in [0, 0.05) is 24.8 Å². The summed E-state index contributed by atoms with van der Waals surface area (Å²) in [7, 11) is 1.73. The molecule has 0 aliphatic carbocycles. The molecule has 4 rings (SSSR count). The fraction of sp³-hybridized carbons (Fsp3) is 0.545. The molecule has 1 spiro atoms. The number of aryl methyl sites for hydroxylation is 2. The minimum atomic E-state index is -0.163. The van der Waals surface area contributed by atoms with E-state index in [1.54, 1.807) is 7.11 Å². The molecule has 0 saturated carbocycles. The van der Waals surface area contributed by atoms with Crippen molar-refractivity contribution in [3.63, 3.8) is 0 Å². The molecule has 2 aliphatic rings. The monoisotopic (exact) mass is 367 g/mol. The van der Waals surface area contributed by atoms with Gasteiger partial charge in [-0.2, -0.15) is 0 Å². The van der Waals surface area contributed by atoms with Crippen LogP contribution in [0.1, 0.15) is 48.7 Å². The second-order valence-electron chi connectivity index (χ2n) is 7.62. The smallest absolute Gasteiger partial charge is 0.135 e. The Balaban J connectivity index is 1.58. The zero-order chi connectivity index (χ0) is 18.9. The van der Waals surface area contributed by atoms with Gasteiger partial charge in [0.1, 0.15) is 17.4 Å². The van der Waals surface area contributed by atoms with Crippen LogP contribution in [0.4, 0.5) is 5.82 Å². The third-order valence-electron chi connectivity index (χ3n) is 5.91. The van der Waals surface area contributed by atoms with Crippen molar-refractivity contribution in [1.29, 1.82) is 0 Å². The molecule has 0 bridgehead atoms. The highest BCUT2D eigenvalue weighted by Crippen LogP contribution is 2.43. The molecular formula is C22H29N3O2. The molecule has 2 aromatic rings. The first-order valence-electron chi connectivity index (χ1n) is 10.0. The first-order chi connectivity index (χ1) is 13.1. The Morgan fingerprint density at radius 2 is 2.07 bits per heavy atom. The summed E-state index contributed by atoms with van der Waals surface area (Å²) in [6, 6.07) is 6.45. The van der Waals surface area contributed by atoms with E-state index in [4.69, 9.17) is 14.5 Å². The van der Waals surface area contributed by atoms with Crippen molar-refractivity contribution >= 4 is 5.82 Å². The van der Waals surface area contributed by atoms with Crippen molar-refractivity contribution in [3.05, 3.63) is 46.9 Å². The van der Waals surface area contributed by atoms with Gasteiger partial charge in [0.2, 0.25) is 0 Å². The molecule has 27 heavy (non-hydrogen) atoms. The summed E-state index contributed by atoms with van der Waals surface area (Å²) in [5.41, 5.74) is 3.82. The third kappa shape index (κ3) is 3.41. The van der Waals surface area contributed by atoms with E-state index < -0.39 is 0 Å². The third-order valence-corrected chi connectivity index (χ3v) is 5.91. The second kappa shape index (κ2) is 7.47. The van der Waals surface area contributed by atoms with Crippen LogP contribution in [-0.2, 0) is 23.2 Å². The zero-order valence-electron chi connectivity index (χ0n) is 16.6. The molecule has 0 N–H and O–H groups in total. The first kappa shape index (κ1) is 18.2. The molecule has 5 heteroatoms. The summed E-state index contributed by atoms with van der Waals surface area (Å²) in [6.07, 6.45) is 7.07. The molecule has 2 aliphatic heterocycles. The van der Waals surface area contributed by atoms with Gasteiger partial charge in [0.15, 0.2) is 0 Å². The van der Waals surface area contributed by atoms with Crippen LogP contribution in [0.25, 0.3) is 0 Å². The Bertz CT molecular complexity index is 813. The van der Waals surface area contributed by atoms with E-state index in [2.05, 4.69) is 35.0 Å². The highest BCUT2D eigenvalue weighted by molar-refractivity contribution is 5.48. The maximum Gasteiger partial charge on any atom is 0.135 e. The predicted molar refractivity (Wildman–Crippen MR) is 107 cm³/mol. The fourth-order valence-electron chi connectivity index (χ4n) is 4.48. The topological polar surface area (TPSA) is 47.5 Å². The number of benzene rings is 1. The van der Waals surface area contributed by atoms with Gasteiger partial charge in [-0.25, -0.2) is 9.97 Å². The summed E-state index contributed by atoms with van der Waals surface area (Å²) in [6.45, 7) is 6.87. The van der Waals surface area contributed by atoms with Crippen molar-refractivity contribution in [3.8, 4) is 5.75 Å². The van der Waals surface area contributed by atoms with E-state index in [1.807, 2.05) is 13.1 Å². The number of nitrogens with zero attached hydrogens (tertiary/aromatic N) is 3. The quantitative estimate of drug-likeness (QED) is 0.822. The highest BCUT2D eigenvalue weighted by Gasteiger charge is 2.41. The fourth-order valence-corrected chi connectivity index (χ4v) is 4.48. The molecule has 144 valence electrons. The number of rotatable bonds is 4. The normalized spacial score (nSPS) is 18.4. The van der Waals surface area contributed by atoms with Gasteiger partial charge in [-0.05, 0) is 55.9 Å². The average Bonchev–Trinajstić information content (AvgIpc) is 2.70. The summed E-state index contributed by atoms with van der Waals surface area (Å²) in [5, 5.41) is 0. The Morgan fingerprint density at radius 3 is 2.81 bits per heavy atom. The van der Waals surface area contributed by atoms with E-state index in [-0.39, 0.29) is 5.60 Å². The summed E-state index contributed by atoms with van der Waals surface area (Å²) in [5.74, 6) is 2.89. The van der Waals surface area contributed by atoms with Crippen LogP contribution < -0.4 is 9.64 Å². The van der Waals surface area contributed by atoms with Crippen LogP contribution in [0.2, 0.25) is 0 Å². The van der Waals surface area contributed by atoms with Gasteiger partial charge >= 0.3 is 0 Å². The number of piperidine rings is 1. The summed E-state index contributed by atoms with van der Waals surface area (Å²) < 4.78 is 11.8. The van der Waals surface area contributed by atoms with Gasteiger partial charge in [-0.3, -0.25) is 0 Å². The van der Waals surface area contributed by atoms with Crippen molar-refractivity contribution in [1.82, 2.24) is 9.97 Å². The lowest BCUT2D eigenvalue weighted by atomic mass is 9.79. The van der Waals surface area contributed by atoms with Gasteiger partial charge in [-0.1, -0.05) is 19.4 Å². The van der Waals surface area contributed by atoms with Crippen LogP contribution in [0.15, 0.2) is 24.4 Å². The van der Waals surface area contributed by atoms with Crippen LogP contribution in [0.3, 0.4) is 0 Å². The van der Waals surface area contributed by atoms with E-state index >= 15 is 0 Å². The number of methoxy groups -OCH3 is 1. The Kier molecular flexibility index (Phi) is 5.04. The summed E-state index contributed by atoms with van der Waals surface area (Å²) in [4.78, 5) is 11.6. The number of ether oxygens (including phenoxy) is 2. The minimum Gasteiger partial charge on any atom is -0.497 e. The lowest BCUT2D eigenvalue weighted by Gasteiger charge is -2.45. The van der Waals surface area contributed by atoms with E-state index in [1.165, 1.54) is 16.7 Å². The minimum absolute atomic E-state index is 0.163. The van der Waals surface area contributed by atoms with E-state index in [0.717, 1.165) is 69.2 Å². The number of fused-ring (bicyclic) bond motifs is 2. The van der Waals surface area contributed by atoms with Crippen LogP contribution in [0.5, 0.6) is 5.75 Å². The molecule has 1 aromatic carbocycles. The lowest BCUT2D eigenvalue weighted by Crippen LogP contribution is -2.47. The molecule has 1 saturated heterocycles. The average molecular weight is 367 g/mol. The molecule has 1 aromatic heterocycles. The van der Waals surface area contributed by atoms with E-state index in [9.17, 15) is 0 Å². The molecule has 3 heterocycles. The standard InChI is InChI=1S/C22H29N3O2/c1-4-5-18-15-23-16(2)24-21(18)25-11-9-22(10-12-25)20-7-6-19(26-3)14-17(20)8-13-27-22/h6-7,14-15H,4-5,8-13H2,1-3H3. The largest absolute Gasteiger partial charge is 0.497 e. The maximum atomic E-state index is 6.39. The van der Waals surface area contributed by atoms with Gasteiger partial charge in [-0.15, -0.1) is 0 Å². The molecule has 0 unspecified atom stereocenters. The van der Waals surface area contributed by atoms with Crippen molar-refractivity contribution < 1.29 is 9.47 Å². The Morgan fingerprint density at radius 1 is 1.26 bits per heavy atom. The van der Waals surface area contributed by atoms with Crippen molar-refractivity contribution in [2.24, 2.45) is 0 Å². The molecular weight excluding hydrogens is 338 g/mol. The van der Waals surface area contributed by atoms with E-state index in [0.29, 0.717) is 0 Å². The van der Waals surface area contributed by atoms with Gasteiger partial charge in [0.25, 0.3) is 0 Å². The number of aromatic nitrogens is 2. The SMILES string of the molecule is CCCc1cnc(C)nc1N1CCC2(CC1)OCCc1cc(OC)ccc12. The van der Waals surface area contributed by atoms with Crippen LogP contribution >= 0.6 is 0 Å². The lowest BCUT2D eigenvalue weighted by molar-refractivity contribution is -0.0767. The van der Waals surface area contributed by atoms with Crippen molar-refractivity contribution in [2.75, 3.05) is 31.7 Å². The second-order valence-corrected chi connectivity index (χ2v) is 7.62. The van der Waals surface area contributed by atoms with Gasteiger partial charge < -0.3 is 14.4 Å². The van der Waals surface area contributed by atoms with Crippen LogP contribution in [-0.4, -0.2) is 36.8 Å². The number of hydrogen-bond acceptors (Lipinski definition) is 5. The summed E-state index contributed by atoms with van der Waals surface area (Å²) >= 11 is 0. The Hall–Kier alpha value is -2.14. The first-order valence-corrected chi connectivity index (χ1v) is 10.0. The number of anilines is 1.